The first-order chi connectivity index (χ1) is 9.38. The smallest absolute Gasteiger partial charge is 0.308 e. The molecule has 2 heterocycles. The predicted octanol–water partition coefficient (Wildman–Crippen LogP) is -1.92. The Kier molecular flexibility index (Phi) is 4.24. The van der Waals surface area contributed by atoms with Crippen molar-refractivity contribution < 1.29 is 29.7 Å². The Labute approximate surface area is 115 Å². The summed E-state index contributed by atoms with van der Waals surface area (Å²) in [6.07, 6.45) is -1.43. The highest BCUT2D eigenvalue weighted by Crippen LogP contribution is 2.21. The maximum absolute atomic E-state index is 11.7. The summed E-state index contributed by atoms with van der Waals surface area (Å²) in [4.78, 5) is 37.0. The van der Waals surface area contributed by atoms with E-state index in [4.69, 9.17) is 15.3 Å². The number of nitrogens with zero attached hydrogens (tertiary/aromatic N) is 2. The van der Waals surface area contributed by atoms with Crippen LogP contribution in [0.3, 0.4) is 0 Å². The molecule has 0 saturated carbocycles. The van der Waals surface area contributed by atoms with Crippen molar-refractivity contribution in [3.05, 3.63) is 0 Å². The Bertz CT molecular complexity index is 424. The number of carboxylic acid groups (broad SMARTS) is 1. The number of rotatable bonds is 5. The molecule has 0 aromatic rings. The highest BCUT2D eigenvalue weighted by molar-refractivity contribution is 5.86. The van der Waals surface area contributed by atoms with Crippen LogP contribution in [0, 0.1) is 11.8 Å². The van der Waals surface area contributed by atoms with E-state index in [1.807, 2.05) is 0 Å². The molecule has 2 amide bonds. The van der Waals surface area contributed by atoms with Gasteiger partial charge in [0, 0.05) is 44.9 Å². The molecular formula is C12H18N2O6. The monoisotopic (exact) mass is 286 g/mol. The number of likely N-dealkylation sites (tertiary alicyclic amines) is 2. The number of carbonyl (C=O) groups excluding carboxylic acids is 2. The molecule has 2 aliphatic rings. The third-order valence-electron chi connectivity index (χ3n) is 3.87. The van der Waals surface area contributed by atoms with Crippen LogP contribution in [0.15, 0.2) is 0 Å². The fourth-order valence-corrected chi connectivity index (χ4v) is 2.61. The molecule has 2 aliphatic heterocycles. The van der Waals surface area contributed by atoms with Crippen LogP contribution in [0.25, 0.3) is 0 Å². The summed E-state index contributed by atoms with van der Waals surface area (Å²) in [6.45, 7) is 0.992. The molecule has 0 aromatic carbocycles. The summed E-state index contributed by atoms with van der Waals surface area (Å²) in [5.74, 6) is -2.55. The Balaban J connectivity index is 1.83. The van der Waals surface area contributed by atoms with Gasteiger partial charge < -0.3 is 25.1 Å². The van der Waals surface area contributed by atoms with Gasteiger partial charge in [0.15, 0.2) is 6.29 Å². The average molecular weight is 286 g/mol. The molecule has 3 N–H and O–H groups in total. The summed E-state index contributed by atoms with van der Waals surface area (Å²) in [6, 6.07) is 0. The lowest BCUT2D eigenvalue weighted by Gasteiger charge is -2.22. The van der Waals surface area contributed by atoms with E-state index in [-0.39, 0.29) is 44.3 Å². The van der Waals surface area contributed by atoms with E-state index in [2.05, 4.69) is 0 Å². The molecule has 0 spiro atoms. The van der Waals surface area contributed by atoms with Crippen LogP contribution in [-0.4, -0.2) is 75.4 Å². The highest BCUT2D eigenvalue weighted by atomic mass is 16.5. The van der Waals surface area contributed by atoms with Crippen LogP contribution < -0.4 is 0 Å². The zero-order chi connectivity index (χ0) is 14.9. The number of hydrogen-bond donors (Lipinski definition) is 3. The van der Waals surface area contributed by atoms with E-state index in [1.165, 1.54) is 9.80 Å². The van der Waals surface area contributed by atoms with Crippen LogP contribution in [0.2, 0.25) is 0 Å². The number of carbonyl (C=O) groups is 3. The first kappa shape index (κ1) is 14.7. The van der Waals surface area contributed by atoms with Gasteiger partial charge in [-0.2, -0.15) is 0 Å². The second-order valence-electron chi connectivity index (χ2n) is 5.30. The highest BCUT2D eigenvalue weighted by Gasteiger charge is 2.36. The largest absolute Gasteiger partial charge is 0.481 e. The van der Waals surface area contributed by atoms with Crippen molar-refractivity contribution >= 4 is 17.8 Å². The number of aliphatic hydroxyl groups is 2. The molecule has 8 heteroatoms. The van der Waals surface area contributed by atoms with E-state index < -0.39 is 24.1 Å². The molecule has 20 heavy (non-hydrogen) atoms. The molecule has 0 aliphatic carbocycles. The van der Waals surface area contributed by atoms with Crippen molar-refractivity contribution in [2.75, 3.05) is 26.2 Å². The predicted molar refractivity (Wildman–Crippen MR) is 65.2 cm³/mol. The van der Waals surface area contributed by atoms with E-state index in [1.54, 1.807) is 0 Å². The summed E-state index contributed by atoms with van der Waals surface area (Å²) in [5, 5.41) is 27.0. The van der Waals surface area contributed by atoms with E-state index >= 15 is 0 Å². The first-order valence-corrected chi connectivity index (χ1v) is 6.53. The summed E-state index contributed by atoms with van der Waals surface area (Å²) in [7, 11) is 0. The molecule has 112 valence electrons. The molecule has 2 saturated heterocycles. The lowest BCUT2D eigenvalue weighted by Crippen LogP contribution is -2.37. The van der Waals surface area contributed by atoms with Gasteiger partial charge in [-0.15, -0.1) is 0 Å². The molecular weight excluding hydrogens is 268 g/mol. The van der Waals surface area contributed by atoms with Crippen LogP contribution in [-0.2, 0) is 14.4 Å². The maximum Gasteiger partial charge on any atom is 0.308 e. The van der Waals surface area contributed by atoms with Crippen LogP contribution in [0.4, 0.5) is 0 Å². The molecule has 2 rings (SSSR count). The summed E-state index contributed by atoms with van der Waals surface area (Å²) in [5.41, 5.74) is 0. The number of carboxylic acids is 1. The van der Waals surface area contributed by atoms with E-state index in [0.717, 1.165) is 0 Å². The lowest BCUT2D eigenvalue weighted by molar-refractivity contribution is -0.141. The second kappa shape index (κ2) is 5.76. The minimum Gasteiger partial charge on any atom is -0.481 e. The van der Waals surface area contributed by atoms with Gasteiger partial charge in [-0.3, -0.25) is 14.4 Å². The zero-order valence-corrected chi connectivity index (χ0v) is 10.9. The normalized spacial score (nSPS) is 26.9. The lowest BCUT2D eigenvalue weighted by atomic mass is 10.1. The topological polar surface area (TPSA) is 118 Å². The molecule has 2 fully saturated rings. The van der Waals surface area contributed by atoms with Crippen molar-refractivity contribution in [3.8, 4) is 0 Å². The SMILES string of the molecule is O=C(O)C1CC(=O)N(CCN2CC(C(O)O)CC2=O)C1. The fraction of sp³-hybridized carbons (Fsp3) is 0.750. The van der Waals surface area contributed by atoms with Crippen molar-refractivity contribution in [2.45, 2.75) is 19.1 Å². The van der Waals surface area contributed by atoms with Crippen LogP contribution >= 0.6 is 0 Å². The molecule has 2 atom stereocenters. The number of hydrogen-bond acceptors (Lipinski definition) is 5. The molecule has 0 aromatic heterocycles. The molecule has 8 nitrogen and oxygen atoms in total. The zero-order valence-electron chi connectivity index (χ0n) is 10.9. The van der Waals surface area contributed by atoms with Crippen LogP contribution in [0.5, 0.6) is 0 Å². The van der Waals surface area contributed by atoms with E-state index in [0.29, 0.717) is 6.54 Å². The van der Waals surface area contributed by atoms with Gasteiger partial charge in [0.25, 0.3) is 0 Å². The average Bonchev–Trinajstić information content (AvgIpc) is 2.91. The standard InChI is InChI=1S/C12H18N2O6/c15-9-3-7(11(17)18)5-13(9)1-2-14-6-8(12(19)20)4-10(14)16/h7-8,11,17-18H,1-6H2,(H,19,20). The van der Waals surface area contributed by atoms with Gasteiger partial charge in [0.05, 0.1) is 5.92 Å². The van der Waals surface area contributed by atoms with Crippen molar-refractivity contribution in [3.63, 3.8) is 0 Å². The Morgan fingerprint density at radius 2 is 1.65 bits per heavy atom. The number of amides is 2. The van der Waals surface area contributed by atoms with Gasteiger partial charge in [0.1, 0.15) is 0 Å². The molecule has 0 bridgehead atoms. The summed E-state index contributed by atoms with van der Waals surface area (Å²) < 4.78 is 0. The van der Waals surface area contributed by atoms with Gasteiger partial charge in [-0.25, -0.2) is 0 Å². The summed E-state index contributed by atoms with van der Waals surface area (Å²) >= 11 is 0. The van der Waals surface area contributed by atoms with Gasteiger partial charge in [0.2, 0.25) is 11.8 Å². The third kappa shape index (κ3) is 3.07. The van der Waals surface area contributed by atoms with Crippen molar-refractivity contribution in [1.29, 1.82) is 0 Å². The number of aliphatic hydroxyl groups excluding tert-OH is 1. The van der Waals surface area contributed by atoms with E-state index in [9.17, 15) is 14.4 Å². The van der Waals surface area contributed by atoms with Crippen molar-refractivity contribution in [2.24, 2.45) is 11.8 Å². The molecule has 0 radical (unpaired) electrons. The van der Waals surface area contributed by atoms with Gasteiger partial charge in [-0.1, -0.05) is 0 Å². The first-order valence-electron chi connectivity index (χ1n) is 6.53. The quantitative estimate of drug-likeness (QED) is 0.507. The second-order valence-corrected chi connectivity index (χ2v) is 5.30. The third-order valence-corrected chi connectivity index (χ3v) is 3.87. The minimum atomic E-state index is -1.52. The number of aliphatic carboxylic acids is 1. The fourth-order valence-electron chi connectivity index (χ4n) is 2.61. The minimum absolute atomic E-state index is 0.00125. The Morgan fingerprint density at radius 3 is 2.10 bits per heavy atom. The Hall–Kier alpha value is -1.67. The van der Waals surface area contributed by atoms with Gasteiger partial charge in [-0.05, 0) is 0 Å². The molecule has 2 unspecified atom stereocenters. The van der Waals surface area contributed by atoms with Gasteiger partial charge >= 0.3 is 5.97 Å². The van der Waals surface area contributed by atoms with Crippen LogP contribution in [0.1, 0.15) is 12.8 Å². The Morgan fingerprint density at radius 1 is 1.10 bits per heavy atom. The maximum atomic E-state index is 11.7. The van der Waals surface area contributed by atoms with Crippen molar-refractivity contribution in [1.82, 2.24) is 9.80 Å².